The van der Waals surface area contributed by atoms with Crippen molar-refractivity contribution in [3.8, 4) is 5.75 Å². The van der Waals surface area contributed by atoms with Crippen LogP contribution in [-0.4, -0.2) is 75.8 Å². The van der Waals surface area contributed by atoms with Gasteiger partial charge in [0.15, 0.2) is 17.2 Å². The molecular weight excluding hydrogens is 610 g/mol. The van der Waals surface area contributed by atoms with Gasteiger partial charge in [0.05, 0.1) is 24.7 Å². The first kappa shape index (κ1) is 31.0. The maximum atomic E-state index is 14.4. The molecule has 1 aliphatic rings. The summed E-state index contributed by atoms with van der Waals surface area (Å²) >= 11 is 0. The van der Waals surface area contributed by atoms with Crippen molar-refractivity contribution in [2.24, 2.45) is 7.05 Å². The number of pyridine rings is 2. The first-order valence-electron chi connectivity index (χ1n) is 14.8. The SMILES string of the molecule is COc1c(C(=O)N(CS(=O)(=O)O)C2CCN(c3ccncc3)CC2)n(C)c2c1c(=O)n(CC(=O)c1ccccc1)c1ccccc21. The topological polar surface area (TPSA) is 144 Å². The van der Waals surface area contributed by atoms with E-state index in [-0.39, 0.29) is 29.2 Å². The van der Waals surface area contributed by atoms with Gasteiger partial charge in [-0.2, -0.15) is 8.42 Å². The van der Waals surface area contributed by atoms with Gasteiger partial charge in [-0.1, -0.05) is 48.5 Å². The Morgan fingerprint density at radius 2 is 1.65 bits per heavy atom. The monoisotopic (exact) mass is 643 g/mol. The second-order valence-electron chi connectivity index (χ2n) is 11.3. The number of nitrogens with zero attached hydrogens (tertiary/aromatic N) is 5. The molecular formula is C33H33N5O7S. The zero-order valence-corrected chi connectivity index (χ0v) is 26.2. The molecule has 1 aliphatic heterocycles. The number of piperidine rings is 1. The molecule has 6 rings (SSSR count). The van der Waals surface area contributed by atoms with E-state index in [4.69, 9.17) is 4.74 Å². The molecule has 0 atom stereocenters. The summed E-state index contributed by atoms with van der Waals surface area (Å²) in [6.07, 6.45) is 4.26. The van der Waals surface area contributed by atoms with Gasteiger partial charge in [0.25, 0.3) is 21.6 Å². The average molecular weight is 644 g/mol. The molecule has 1 fully saturated rings. The zero-order chi connectivity index (χ0) is 32.6. The van der Waals surface area contributed by atoms with Crippen molar-refractivity contribution in [3.05, 3.63) is 101 Å². The smallest absolute Gasteiger partial charge is 0.283 e. The van der Waals surface area contributed by atoms with E-state index in [1.54, 1.807) is 74.0 Å². The van der Waals surface area contributed by atoms with Crippen LogP contribution in [-0.2, 0) is 23.7 Å². The van der Waals surface area contributed by atoms with E-state index in [9.17, 15) is 27.4 Å². The summed E-state index contributed by atoms with van der Waals surface area (Å²) in [5.41, 5.74) is 1.74. The van der Waals surface area contributed by atoms with Gasteiger partial charge < -0.3 is 19.1 Å². The van der Waals surface area contributed by atoms with Crippen molar-refractivity contribution in [1.82, 2.24) is 19.0 Å². The minimum atomic E-state index is -4.61. The number of ketones is 1. The average Bonchev–Trinajstić information content (AvgIpc) is 3.37. The fourth-order valence-electron chi connectivity index (χ4n) is 6.41. The van der Waals surface area contributed by atoms with Gasteiger partial charge >= 0.3 is 0 Å². The lowest BCUT2D eigenvalue weighted by molar-refractivity contribution is 0.0673. The highest BCUT2D eigenvalue weighted by atomic mass is 32.2. The van der Waals surface area contributed by atoms with Crippen molar-refractivity contribution >= 4 is 49.3 Å². The number of fused-ring (bicyclic) bond motifs is 3. The summed E-state index contributed by atoms with van der Waals surface area (Å²) in [7, 11) is -1.67. The number of carbonyl (C=O) groups is 2. The molecule has 2 aromatic carbocycles. The number of Topliss-reactive ketones (excluding diaryl/α,β-unsaturated/α-hetero) is 1. The van der Waals surface area contributed by atoms with Gasteiger partial charge in [-0.05, 0) is 31.0 Å². The summed E-state index contributed by atoms with van der Waals surface area (Å²) in [5, 5.41) is 0.692. The molecule has 12 nitrogen and oxygen atoms in total. The van der Waals surface area contributed by atoms with E-state index in [0.29, 0.717) is 47.9 Å². The van der Waals surface area contributed by atoms with E-state index in [1.165, 1.54) is 16.2 Å². The van der Waals surface area contributed by atoms with Crippen LogP contribution in [0.5, 0.6) is 5.75 Å². The van der Waals surface area contributed by atoms with E-state index in [0.717, 1.165) is 10.6 Å². The lowest BCUT2D eigenvalue weighted by Gasteiger charge is -2.39. The molecule has 46 heavy (non-hydrogen) atoms. The standard InChI is InChI=1S/C33H33N5O7S/c1-35-29-25-10-6-7-11-26(25)37(20-27(39)22-8-4-3-5-9-22)32(40)28(29)31(45-2)30(35)33(41)38(21-46(42,43)44)24-14-18-36(19-15-24)23-12-16-34-17-13-23/h3-13,16-17,24H,14-15,18-21H2,1-2H3,(H,42,43,44). The van der Waals surface area contributed by atoms with Gasteiger partial charge in [-0.3, -0.25) is 28.5 Å². The molecule has 5 aromatic rings. The Morgan fingerprint density at radius 3 is 2.30 bits per heavy atom. The van der Waals surface area contributed by atoms with Crippen molar-refractivity contribution in [1.29, 1.82) is 0 Å². The quantitative estimate of drug-likeness (QED) is 0.188. The number of hydrogen-bond donors (Lipinski definition) is 1. The largest absolute Gasteiger partial charge is 0.493 e. The summed E-state index contributed by atoms with van der Waals surface area (Å²) in [5.74, 6) is -1.93. The Morgan fingerprint density at radius 1 is 1.00 bits per heavy atom. The van der Waals surface area contributed by atoms with Crippen molar-refractivity contribution in [3.63, 3.8) is 0 Å². The van der Waals surface area contributed by atoms with Crippen LogP contribution >= 0.6 is 0 Å². The number of aromatic nitrogens is 3. The Kier molecular flexibility index (Phi) is 8.36. The maximum absolute atomic E-state index is 14.4. The molecule has 4 heterocycles. The summed E-state index contributed by atoms with van der Waals surface area (Å²) in [4.78, 5) is 49.2. The van der Waals surface area contributed by atoms with Crippen molar-refractivity contribution in [2.45, 2.75) is 25.4 Å². The van der Waals surface area contributed by atoms with Crippen LogP contribution in [0.1, 0.15) is 33.7 Å². The van der Waals surface area contributed by atoms with Gasteiger partial charge in [0.2, 0.25) is 0 Å². The number of aryl methyl sites for hydroxylation is 1. The molecule has 1 amide bonds. The molecule has 3 aromatic heterocycles. The number of amides is 1. The third-order valence-electron chi connectivity index (χ3n) is 8.56. The van der Waals surface area contributed by atoms with Crippen LogP contribution in [0, 0.1) is 0 Å². The van der Waals surface area contributed by atoms with E-state index in [2.05, 4.69) is 9.88 Å². The highest BCUT2D eigenvalue weighted by molar-refractivity contribution is 7.85. The van der Waals surface area contributed by atoms with E-state index in [1.807, 2.05) is 12.1 Å². The van der Waals surface area contributed by atoms with Crippen molar-refractivity contribution < 1.29 is 27.3 Å². The van der Waals surface area contributed by atoms with Gasteiger partial charge in [-0.25, -0.2) is 0 Å². The number of hydrogen-bond acceptors (Lipinski definition) is 8. The maximum Gasteiger partial charge on any atom is 0.283 e. The first-order chi connectivity index (χ1) is 22.1. The van der Waals surface area contributed by atoms with Gasteiger partial charge in [0.1, 0.15) is 11.3 Å². The molecule has 0 spiro atoms. The van der Waals surface area contributed by atoms with Crippen LogP contribution in [0.4, 0.5) is 5.69 Å². The van der Waals surface area contributed by atoms with Crippen LogP contribution in [0.15, 0.2) is 83.9 Å². The Hall–Kier alpha value is -5.01. The lowest BCUT2D eigenvalue weighted by atomic mass is 10.0. The highest BCUT2D eigenvalue weighted by Crippen LogP contribution is 2.36. The molecule has 13 heteroatoms. The zero-order valence-electron chi connectivity index (χ0n) is 25.4. The van der Waals surface area contributed by atoms with Gasteiger partial charge in [0, 0.05) is 55.2 Å². The lowest BCUT2D eigenvalue weighted by Crippen LogP contribution is -2.49. The van der Waals surface area contributed by atoms with E-state index >= 15 is 0 Å². The van der Waals surface area contributed by atoms with Crippen LogP contribution in [0.2, 0.25) is 0 Å². The number of anilines is 1. The Balaban J connectivity index is 1.45. The first-order valence-corrected chi connectivity index (χ1v) is 16.4. The predicted molar refractivity (Wildman–Crippen MR) is 174 cm³/mol. The Bertz CT molecular complexity index is 2100. The molecule has 0 unspecified atom stereocenters. The van der Waals surface area contributed by atoms with Crippen LogP contribution < -0.4 is 15.2 Å². The van der Waals surface area contributed by atoms with Gasteiger partial charge in [-0.15, -0.1) is 0 Å². The fraction of sp³-hybridized carbons (Fsp3) is 0.273. The van der Waals surface area contributed by atoms with Crippen LogP contribution in [0.3, 0.4) is 0 Å². The second-order valence-corrected chi connectivity index (χ2v) is 12.7. The predicted octanol–water partition coefficient (Wildman–Crippen LogP) is 3.74. The minimum absolute atomic E-state index is 0.0336. The number of benzene rings is 2. The number of rotatable bonds is 9. The van der Waals surface area contributed by atoms with Crippen molar-refractivity contribution in [2.75, 3.05) is 31.0 Å². The molecule has 1 saturated heterocycles. The molecule has 0 saturated carbocycles. The Labute approximate surface area is 265 Å². The molecule has 238 valence electrons. The summed E-state index contributed by atoms with van der Waals surface area (Å²) in [6, 6.07) is 19.0. The molecule has 0 aliphatic carbocycles. The third kappa shape index (κ3) is 5.74. The number of para-hydroxylation sites is 1. The molecule has 0 radical (unpaired) electrons. The highest BCUT2D eigenvalue weighted by Gasteiger charge is 2.36. The number of methoxy groups -OCH3 is 1. The fourth-order valence-corrected chi connectivity index (χ4v) is 7.09. The molecule has 0 bridgehead atoms. The normalized spacial score (nSPS) is 14.1. The number of ether oxygens (including phenoxy) is 1. The third-order valence-corrected chi connectivity index (χ3v) is 9.16. The van der Waals surface area contributed by atoms with E-state index < -0.39 is 33.5 Å². The summed E-state index contributed by atoms with van der Waals surface area (Å²) in [6.45, 7) is 0.841. The minimum Gasteiger partial charge on any atom is -0.493 e. The molecule has 1 N–H and O–H groups in total. The van der Waals surface area contributed by atoms with Crippen LogP contribution in [0.25, 0.3) is 21.8 Å². The summed E-state index contributed by atoms with van der Waals surface area (Å²) < 4.78 is 43.0. The second kappa shape index (κ2) is 12.4. The number of carbonyl (C=O) groups excluding carboxylic acids is 2.